The topological polar surface area (TPSA) is 129 Å². The molecule has 0 aliphatic rings. The first kappa shape index (κ1) is 19.3. The number of benzene rings is 1. The largest absolute Gasteiger partial charge is 0.504 e. The summed E-state index contributed by atoms with van der Waals surface area (Å²) in [5.41, 5.74) is 0.0985. The zero-order valence-electron chi connectivity index (χ0n) is 14.1. The van der Waals surface area contributed by atoms with Gasteiger partial charge in [0.05, 0.1) is 11.4 Å². The highest BCUT2D eigenvalue weighted by Crippen LogP contribution is 2.18. The number of hydrogen-bond donors (Lipinski definition) is 3. The fourth-order valence-corrected chi connectivity index (χ4v) is 2.89. The molecule has 26 heavy (non-hydrogen) atoms. The van der Waals surface area contributed by atoms with Gasteiger partial charge in [-0.3, -0.25) is 9.59 Å². The molecule has 138 valence electrons. The number of nitrogens with one attached hydrogen (secondary N) is 2. The number of pyridine rings is 1. The van der Waals surface area contributed by atoms with Crippen molar-refractivity contribution in [3.8, 4) is 5.75 Å². The first-order chi connectivity index (χ1) is 12.2. The molecule has 2 aromatic rings. The van der Waals surface area contributed by atoms with E-state index in [1.54, 1.807) is 0 Å². The van der Waals surface area contributed by atoms with E-state index in [2.05, 4.69) is 15.6 Å². The highest BCUT2D eigenvalue weighted by molar-refractivity contribution is 7.89. The summed E-state index contributed by atoms with van der Waals surface area (Å²) in [6, 6.07) is 8.35. The summed E-state index contributed by atoms with van der Waals surface area (Å²) < 4.78 is 25.3. The summed E-state index contributed by atoms with van der Waals surface area (Å²) in [6.07, 6.45) is 1.39. The Morgan fingerprint density at radius 3 is 2.58 bits per heavy atom. The molecule has 2 amide bonds. The van der Waals surface area contributed by atoms with Gasteiger partial charge in [-0.1, -0.05) is 6.07 Å². The molecule has 0 bridgehead atoms. The molecule has 9 nitrogen and oxygen atoms in total. The Labute approximate surface area is 150 Å². The Morgan fingerprint density at radius 1 is 1.19 bits per heavy atom. The molecule has 0 saturated heterocycles. The summed E-state index contributed by atoms with van der Waals surface area (Å²) in [5, 5.41) is 14.3. The fraction of sp³-hybridized carbons (Fsp3) is 0.188. The van der Waals surface area contributed by atoms with Crippen LogP contribution in [0.5, 0.6) is 5.75 Å². The molecule has 10 heteroatoms. The summed E-state index contributed by atoms with van der Waals surface area (Å²) in [7, 11) is -0.895. The first-order valence-electron chi connectivity index (χ1n) is 7.46. The zero-order valence-corrected chi connectivity index (χ0v) is 14.9. The second-order valence-corrected chi connectivity index (χ2v) is 7.57. The minimum absolute atomic E-state index is 0.0224. The van der Waals surface area contributed by atoms with E-state index in [-0.39, 0.29) is 28.6 Å². The quantitative estimate of drug-likeness (QED) is 0.668. The van der Waals surface area contributed by atoms with Crippen LogP contribution in [0.2, 0.25) is 0 Å². The Morgan fingerprint density at radius 2 is 1.92 bits per heavy atom. The van der Waals surface area contributed by atoms with Crippen LogP contribution in [0, 0.1) is 0 Å². The predicted octanol–water partition coefficient (Wildman–Crippen LogP) is 0.406. The maximum atomic E-state index is 12.2. The third-order valence-electron chi connectivity index (χ3n) is 3.33. The van der Waals surface area contributed by atoms with Crippen LogP contribution in [0.15, 0.2) is 47.5 Å². The maximum absolute atomic E-state index is 12.2. The van der Waals surface area contributed by atoms with Crippen LogP contribution in [0.4, 0.5) is 5.82 Å². The van der Waals surface area contributed by atoms with Gasteiger partial charge in [-0.05, 0) is 30.3 Å². The molecule has 1 aromatic carbocycles. The van der Waals surface area contributed by atoms with Crippen molar-refractivity contribution in [3.63, 3.8) is 0 Å². The molecule has 0 aliphatic carbocycles. The molecule has 0 fully saturated rings. The summed E-state index contributed by atoms with van der Waals surface area (Å²) in [6.45, 7) is -0.375. The lowest BCUT2D eigenvalue weighted by atomic mass is 10.2. The molecule has 0 saturated carbocycles. The number of anilines is 1. The lowest BCUT2D eigenvalue weighted by molar-refractivity contribution is -0.115. The molecule has 0 aliphatic heterocycles. The van der Waals surface area contributed by atoms with E-state index >= 15 is 0 Å². The minimum Gasteiger partial charge on any atom is -0.504 e. The third kappa shape index (κ3) is 4.55. The second-order valence-electron chi connectivity index (χ2n) is 5.42. The number of rotatable bonds is 6. The smallest absolute Gasteiger partial charge is 0.251 e. The number of amides is 2. The SMILES string of the molecule is CN(C)S(=O)(=O)c1cccc(C(=O)NCC(=O)Nc2ncccc2O)c1. The van der Waals surface area contributed by atoms with Crippen LogP contribution in [-0.4, -0.2) is 55.3 Å². The number of nitrogens with zero attached hydrogens (tertiary/aromatic N) is 2. The van der Waals surface area contributed by atoms with Crippen molar-refractivity contribution in [2.75, 3.05) is 26.0 Å². The van der Waals surface area contributed by atoms with Gasteiger partial charge in [-0.2, -0.15) is 0 Å². The van der Waals surface area contributed by atoms with Gasteiger partial charge >= 0.3 is 0 Å². The Kier molecular flexibility index (Phi) is 5.90. The summed E-state index contributed by atoms with van der Waals surface area (Å²) >= 11 is 0. The number of carbonyl (C=O) groups is 2. The lowest BCUT2D eigenvalue weighted by Gasteiger charge is -2.12. The minimum atomic E-state index is -3.67. The van der Waals surface area contributed by atoms with Gasteiger partial charge in [0.1, 0.15) is 0 Å². The van der Waals surface area contributed by atoms with Crippen LogP contribution in [-0.2, 0) is 14.8 Å². The van der Waals surface area contributed by atoms with Crippen molar-refractivity contribution in [3.05, 3.63) is 48.2 Å². The number of carbonyl (C=O) groups excluding carboxylic acids is 2. The van der Waals surface area contributed by atoms with Gasteiger partial charge in [-0.25, -0.2) is 17.7 Å². The van der Waals surface area contributed by atoms with Gasteiger partial charge in [-0.15, -0.1) is 0 Å². The standard InChI is InChI=1S/C16H18N4O5S/c1-20(2)26(24,25)12-6-3-5-11(9-12)16(23)18-10-14(22)19-15-13(21)7-4-8-17-15/h3-9,21H,10H2,1-2H3,(H,18,23)(H,17,19,22). The Hall–Kier alpha value is -2.98. The van der Waals surface area contributed by atoms with Crippen LogP contribution in [0.25, 0.3) is 0 Å². The molecule has 1 aromatic heterocycles. The van der Waals surface area contributed by atoms with E-state index in [9.17, 15) is 23.1 Å². The predicted molar refractivity (Wildman–Crippen MR) is 94.2 cm³/mol. The van der Waals surface area contributed by atoms with E-state index in [4.69, 9.17) is 0 Å². The molecule has 2 rings (SSSR count). The van der Waals surface area contributed by atoms with E-state index in [0.717, 1.165) is 4.31 Å². The van der Waals surface area contributed by atoms with Crippen molar-refractivity contribution < 1.29 is 23.1 Å². The maximum Gasteiger partial charge on any atom is 0.251 e. The molecule has 0 spiro atoms. The van der Waals surface area contributed by atoms with Crippen molar-refractivity contribution in [1.29, 1.82) is 0 Å². The van der Waals surface area contributed by atoms with Crippen LogP contribution in [0.1, 0.15) is 10.4 Å². The molecule has 0 radical (unpaired) electrons. The molecule has 0 atom stereocenters. The molecule has 0 unspecified atom stereocenters. The van der Waals surface area contributed by atoms with Gasteiger partial charge < -0.3 is 15.7 Å². The average Bonchev–Trinajstić information content (AvgIpc) is 2.61. The van der Waals surface area contributed by atoms with Crippen LogP contribution in [0.3, 0.4) is 0 Å². The normalized spacial score (nSPS) is 11.2. The average molecular weight is 378 g/mol. The van der Waals surface area contributed by atoms with Crippen LogP contribution < -0.4 is 10.6 Å². The summed E-state index contributed by atoms with van der Waals surface area (Å²) in [5.74, 6) is -1.43. The summed E-state index contributed by atoms with van der Waals surface area (Å²) in [4.78, 5) is 27.8. The second kappa shape index (κ2) is 7.93. The third-order valence-corrected chi connectivity index (χ3v) is 5.14. The van der Waals surface area contributed by atoms with Crippen molar-refractivity contribution in [2.24, 2.45) is 0 Å². The Bertz CT molecular complexity index is 928. The molecule has 3 N–H and O–H groups in total. The lowest BCUT2D eigenvalue weighted by Crippen LogP contribution is -2.33. The zero-order chi connectivity index (χ0) is 19.3. The van der Waals surface area contributed by atoms with E-state index in [1.165, 1.54) is 56.7 Å². The van der Waals surface area contributed by atoms with Crippen molar-refractivity contribution in [1.82, 2.24) is 14.6 Å². The van der Waals surface area contributed by atoms with Gasteiger partial charge in [0.15, 0.2) is 11.6 Å². The van der Waals surface area contributed by atoms with Crippen molar-refractivity contribution >= 4 is 27.7 Å². The molecule has 1 heterocycles. The molecular weight excluding hydrogens is 360 g/mol. The van der Waals surface area contributed by atoms with E-state index in [1.807, 2.05) is 0 Å². The highest BCUT2D eigenvalue weighted by Gasteiger charge is 2.19. The Balaban J connectivity index is 2.02. The van der Waals surface area contributed by atoms with E-state index in [0.29, 0.717) is 0 Å². The monoisotopic (exact) mass is 378 g/mol. The highest BCUT2D eigenvalue weighted by atomic mass is 32.2. The fourth-order valence-electron chi connectivity index (χ4n) is 1.94. The number of sulfonamides is 1. The number of aromatic nitrogens is 1. The first-order valence-corrected chi connectivity index (χ1v) is 8.90. The van der Waals surface area contributed by atoms with Crippen LogP contribution >= 0.6 is 0 Å². The number of aromatic hydroxyl groups is 1. The van der Waals surface area contributed by atoms with Gasteiger partial charge in [0.2, 0.25) is 15.9 Å². The number of hydrogen-bond acceptors (Lipinski definition) is 6. The molecular formula is C16H18N4O5S. The van der Waals surface area contributed by atoms with E-state index < -0.39 is 21.8 Å². The van der Waals surface area contributed by atoms with Gasteiger partial charge in [0, 0.05) is 25.9 Å². The van der Waals surface area contributed by atoms with Crippen molar-refractivity contribution in [2.45, 2.75) is 4.90 Å². The van der Waals surface area contributed by atoms with Gasteiger partial charge in [0.25, 0.3) is 5.91 Å².